The van der Waals surface area contributed by atoms with Crippen molar-refractivity contribution in [3.63, 3.8) is 0 Å². The lowest BCUT2D eigenvalue weighted by Gasteiger charge is -2.27. The molecule has 4 nitrogen and oxygen atoms in total. The minimum Gasteiger partial charge on any atom is -0.379 e. The SMILES string of the molecule is CO[C@@H]([C@@H]1CCCN1)[C@@H](C)C(=O)NCCC1C=CC=CC=C1. The zero-order valence-corrected chi connectivity index (χ0v) is 13.6. The van der Waals surface area contributed by atoms with Crippen LogP contribution in [0.2, 0.25) is 0 Å². The van der Waals surface area contributed by atoms with Crippen LogP contribution in [-0.4, -0.2) is 38.3 Å². The van der Waals surface area contributed by atoms with Gasteiger partial charge in [-0.25, -0.2) is 0 Å². The van der Waals surface area contributed by atoms with Crippen molar-refractivity contribution in [3.8, 4) is 0 Å². The highest BCUT2D eigenvalue weighted by Gasteiger charge is 2.32. The Hall–Kier alpha value is -1.39. The number of methoxy groups -OCH3 is 1. The Balaban J connectivity index is 1.75. The molecule has 0 aromatic carbocycles. The fourth-order valence-corrected chi connectivity index (χ4v) is 3.18. The summed E-state index contributed by atoms with van der Waals surface area (Å²) in [5, 5.41) is 6.48. The van der Waals surface area contributed by atoms with Gasteiger partial charge in [-0.3, -0.25) is 4.79 Å². The highest BCUT2D eigenvalue weighted by molar-refractivity contribution is 5.79. The number of nitrogens with one attached hydrogen (secondary N) is 2. The molecule has 1 aliphatic heterocycles. The van der Waals surface area contributed by atoms with E-state index < -0.39 is 0 Å². The van der Waals surface area contributed by atoms with E-state index in [1.165, 1.54) is 0 Å². The van der Waals surface area contributed by atoms with Crippen LogP contribution in [0.5, 0.6) is 0 Å². The predicted molar refractivity (Wildman–Crippen MR) is 89.5 cm³/mol. The molecule has 0 spiro atoms. The van der Waals surface area contributed by atoms with Crippen molar-refractivity contribution in [3.05, 3.63) is 36.5 Å². The molecule has 3 atom stereocenters. The molecule has 0 aromatic heterocycles. The van der Waals surface area contributed by atoms with E-state index in [-0.39, 0.29) is 17.9 Å². The van der Waals surface area contributed by atoms with Gasteiger partial charge in [-0.1, -0.05) is 43.4 Å². The van der Waals surface area contributed by atoms with Gasteiger partial charge in [0.2, 0.25) is 5.91 Å². The molecular weight excluding hydrogens is 276 g/mol. The zero-order valence-electron chi connectivity index (χ0n) is 13.6. The highest BCUT2D eigenvalue weighted by atomic mass is 16.5. The molecule has 4 heteroatoms. The minimum absolute atomic E-state index is 0.0515. The summed E-state index contributed by atoms with van der Waals surface area (Å²) in [5.41, 5.74) is 0. The summed E-state index contributed by atoms with van der Waals surface area (Å²) < 4.78 is 5.58. The van der Waals surface area contributed by atoms with Crippen molar-refractivity contribution in [2.45, 2.75) is 38.3 Å². The number of hydrogen-bond acceptors (Lipinski definition) is 3. The van der Waals surface area contributed by atoms with Crippen LogP contribution in [0.1, 0.15) is 26.2 Å². The fraction of sp³-hybridized carbons (Fsp3) is 0.611. The van der Waals surface area contributed by atoms with E-state index >= 15 is 0 Å². The molecule has 22 heavy (non-hydrogen) atoms. The van der Waals surface area contributed by atoms with Gasteiger partial charge < -0.3 is 15.4 Å². The van der Waals surface area contributed by atoms with Gasteiger partial charge in [-0.15, -0.1) is 0 Å². The normalized spacial score (nSPS) is 24.2. The lowest BCUT2D eigenvalue weighted by Crippen LogP contribution is -2.46. The summed E-state index contributed by atoms with van der Waals surface area (Å²) in [7, 11) is 1.70. The third kappa shape index (κ3) is 4.82. The number of rotatable bonds is 7. The zero-order chi connectivity index (χ0) is 15.8. The van der Waals surface area contributed by atoms with Crippen molar-refractivity contribution in [2.75, 3.05) is 20.2 Å². The van der Waals surface area contributed by atoms with Gasteiger partial charge in [0.05, 0.1) is 12.0 Å². The van der Waals surface area contributed by atoms with Crippen LogP contribution in [0.25, 0.3) is 0 Å². The number of ether oxygens (including phenoxy) is 1. The van der Waals surface area contributed by atoms with Gasteiger partial charge in [0, 0.05) is 19.7 Å². The molecule has 0 saturated carbocycles. The standard InChI is InChI=1S/C18H28N2O2/c1-14(17(22-2)16-10-7-12-19-16)18(21)20-13-11-15-8-5-3-4-6-9-15/h3-6,8-9,14-17,19H,7,10-13H2,1-2H3,(H,20,21)/t14-,16+,17-/m1/s1. The molecule has 1 amide bonds. The monoisotopic (exact) mass is 304 g/mol. The first-order valence-corrected chi connectivity index (χ1v) is 8.28. The largest absolute Gasteiger partial charge is 0.379 e. The lowest BCUT2D eigenvalue weighted by atomic mass is 9.95. The molecule has 0 radical (unpaired) electrons. The van der Waals surface area contributed by atoms with Crippen molar-refractivity contribution >= 4 is 5.91 Å². The van der Waals surface area contributed by atoms with Gasteiger partial charge in [0.15, 0.2) is 0 Å². The van der Waals surface area contributed by atoms with E-state index in [0.29, 0.717) is 18.5 Å². The first-order chi connectivity index (χ1) is 10.7. The molecule has 2 aliphatic rings. The first kappa shape index (κ1) is 17.0. The molecule has 2 rings (SSSR count). The Kier molecular flexibility index (Phi) is 6.87. The molecular formula is C18H28N2O2. The van der Waals surface area contributed by atoms with E-state index in [0.717, 1.165) is 25.8 Å². The number of hydrogen-bond donors (Lipinski definition) is 2. The minimum atomic E-state index is -0.137. The maximum absolute atomic E-state index is 12.3. The Morgan fingerprint density at radius 2 is 2.05 bits per heavy atom. The highest BCUT2D eigenvalue weighted by Crippen LogP contribution is 2.19. The quantitative estimate of drug-likeness (QED) is 0.758. The molecule has 1 heterocycles. The second-order valence-corrected chi connectivity index (χ2v) is 6.09. The summed E-state index contributed by atoms with van der Waals surface area (Å²) in [4.78, 5) is 12.3. The molecule has 0 bridgehead atoms. The summed E-state index contributed by atoms with van der Waals surface area (Å²) in [6.07, 6.45) is 15.6. The molecule has 122 valence electrons. The van der Waals surface area contributed by atoms with Crippen molar-refractivity contribution in [1.29, 1.82) is 0 Å². The van der Waals surface area contributed by atoms with Crippen LogP contribution in [0, 0.1) is 11.8 Å². The molecule has 0 aromatic rings. The van der Waals surface area contributed by atoms with Crippen LogP contribution in [0.15, 0.2) is 36.5 Å². The van der Waals surface area contributed by atoms with E-state index in [1.54, 1.807) is 7.11 Å². The Morgan fingerprint density at radius 3 is 2.64 bits per heavy atom. The lowest BCUT2D eigenvalue weighted by molar-refractivity contribution is -0.129. The Labute approximate surface area is 133 Å². The smallest absolute Gasteiger partial charge is 0.225 e. The van der Waals surface area contributed by atoms with E-state index in [2.05, 4.69) is 34.9 Å². The average Bonchev–Trinajstić information content (AvgIpc) is 2.92. The van der Waals surface area contributed by atoms with Crippen molar-refractivity contribution < 1.29 is 9.53 Å². The van der Waals surface area contributed by atoms with E-state index in [1.807, 2.05) is 19.1 Å². The van der Waals surface area contributed by atoms with Gasteiger partial charge in [-0.2, -0.15) is 0 Å². The van der Waals surface area contributed by atoms with Crippen LogP contribution >= 0.6 is 0 Å². The Morgan fingerprint density at radius 1 is 1.32 bits per heavy atom. The van der Waals surface area contributed by atoms with E-state index in [4.69, 9.17) is 4.74 Å². The second kappa shape index (κ2) is 8.91. The number of amides is 1. The predicted octanol–water partition coefficient (Wildman–Crippen LogP) is 2.19. The molecule has 1 aliphatic carbocycles. The third-order valence-corrected chi connectivity index (χ3v) is 4.50. The van der Waals surface area contributed by atoms with Gasteiger partial charge in [0.25, 0.3) is 0 Å². The van der Waals surface area contributed by atoms with Crippen molar-refractivity contribution in [1.82, 2.24) is 10.6 Å². The maximum Gasteiger partial charge on any atom is 0.225 e. The Bertz CT molecular complexity index is 420. The van der Waals surface area contributed by atoms with Gasteiger partial charge in [-0.05, 0) is 31.7 Å². The van der Waals surface area contributed by atoms with Crippen LogP contribution in [-0.2, 0) is 9.53 Å². The molecule has 1 fully saturated rings. The topological polar surface area (TPSA) is 50.4 Å². The first-order valence-electron chi connectivity index (χ1n) is 8.28. The number of carbonyl (C=O) groups excluding carboxylic acids is 1. The van der Waals surface area contributed by atoms with Crippen LogP contribution < -0.4 is 10.6 Å². The fourth-order valence-electron chi connectivity index (χ4n) is 3.18. The third-order valence-electron chi connectivity index (χ3n) is 4.50. The van der Waals surface area contributed by atoms with Crippen LogP contribution in [0.3, 0.4) is 0 Å². The van der Waals surface area contributed by atoms with E-state index in [9.17, 15) is 4.79 Å². The summed E-state index contributed by atoms with van der Waals surface area (Å²) in [6, 6.07) is 0.296. The van der Waals surface area contributed by atoms with Crippen LogP contribution in [0.4, 0.5) is 0 Å². The van der Waals surface area contributed by atoms with Crippen molar-refractivity contribution in [2.24, 2.45) is 11.8 Å². The number of allylic oxidation sites excluding steroid dienone is 6. The van der Waals surface area contributed by atoms with Gasteiger partial charge >= 0.3 is 0 Å². The maximum atomic E-state index is 12.3. The second-order valence-electron chi connectivity index (χ2n) is 6.09. The number of carbonyl (C=O) groups is 1. The molecule has 2 N–H and O–H groups in total. The molecule has 0 unspecified atom stereocenters. The summed E-state index contributed by atoms with van der Waals surface area (Å²) in [6.45, 7) is 3.67. The summed E-state index contributed by atoms with van der Waals surface area (Å²) >= 11 is 0. The molecule has 1 saturated heterocycles. The van der Waals surface area contributed by atoms with Gasteiger partial charge in [0.1, 0.15) is 0 Å². The summed E-state index contributed by atoms with van der Waals surface area (Å²) in [5.74, 6) is 0.336. The average molecular weight is 304 g/mol.